The highest BCUT2D eigenvalue weighted by Gasteiger charge is 2.50. The van der Waals surface area contributed by atoms with Crippen LogP contribution in [0.2, 0.25) is 18.6 Å². The van der Waals surface area contributed by atoms with Gasteiger partial charge < -0.3 is 0 Å². The number of nitrogens with one attached hydrogen (secondary N) is 2. The van der Waals surface area contributed by atoms with Crippen molar-refractivity contribution in [1.29, 1.82) is 0 Å². The molecule has 0 radical (unpaired) electrons. The molecule has 4 atom stereocenters. The largest absolute Gasteiger partial charge is 0.299 e. The van der Waals surface area contributed by atoms with Crippen LogP contribution in [0.5, 0.6) is 0 Å². The summed E-state index contributed by atoms with van der Waals surface area (Å²) in [7, 11) is -1.42. The third-order valence-corrected chi connectivity index (χ3v) is 10.3. The fourth-order valence-electron chi connectivity index (χ4n) is 4.71. The van der Waals surface area contributed by atoms with Crippen LogP contribution in [0.4, 0.5) is 0 Å². The Labute approximate surface area is 124 Å². The van der Waals surface area contributed by atoms with Crippen LogP contribution in [-0.4, -0.2) is 32.8 Å². The molecule has 3 nitrogen and oxygen atoms in total. The van der Waals surface area contributed by atoms with E-state index in [1.807, 2.05) is 0 Å². The standard InChI is InChI=1S/C16H29N3Si/c1-12-6-5-7-14-15(8-13(2)16(12)14)20(3,4)19-10-17-9-18-11-19/h5-7,13-18H,8-11H2,1-4H3. The van der Waals surface area contributed by atoms with E-state index < -0.39 is 8.24 Å². The van der Waals surface area contributed by atoms with Crippen molar-refractivity contribution in [3.05, 3.63) is 23.8 Å². The highest BCUT2D eigenvalue weighted by Crippen LogP contribution is 2.54. The second kappa shape index (κ2) is 5.41. The Kier molecular flexibility index (Phi) is 3.92. The summed E-state index contributed by atoms with van der Waals surface area (Å²) in [6.07, 6.45) is 8.54. The molecule has 2 N–H and O–H groups in total. The maximum Gasteiger partial charge on any atom is 0.128 e. The zero-order valence-corrected chi connectivity index (χ0v) is 14.3. The Balaban J connectivity index is 1.83. The Morgan fingerprint density at radius 2 is 1.95 bits per heavy atom. The molecule has 4 unspecified atom stereocenters. The van der Waals surface area contributed by atoms with E-state index in [9.17, 15) is 0 Å². The lowest BCUT2D eigenvalue weighted by atomic mass is 9.81. The molecule has 4 heteroatoms. The number of fused-ring (bicyclic) bond motifs is 1. The fourth-order valence-corrected chi connectivity index (χ4v) is 8.43. The minimum absolute atomic E-state index is 0.776. The van der Waals surface area contributed by atoms with Crippen LogP contribution < -0.4 is 10.6 Å². The Morgan fingerprint density at radius 1 is 1.25 bits per heavy atom. The molecule has 1 heterocycles. The summed E-state index contributed by atoms with van der Waals surface area (Å²) in [6.45, 7) is 13.0. The summed E-state index contributed by atoms with van der Waals surface area (Å²) in [5.41, 5.74) is 2.48. The van der Waals surface area contributed by atoms with E-state index in [-0.39, 0.29) is 0 Å². The van der Waals surface area contributed by atoms with E-state index in [2.05, 4.69) is 60.4 Å². The zero-order chi connectivity index (χ0) is 14.3. The maximum atomic E-state index is 3.48. The third kappa shape index (κ3) is 2.33. The molecule has 3 aliphatic rings. The number of nitrogens with zero attached hydrogens (tertiary/aromatic N) is 1. The van der Waals surface area contributed by atoms with E-state index >= 15 is 0 Å². The zero-order valence-electron chi connectivity index (χ0n) is 13.3. The summed E-state index contributed by atoms with van der Waals surface area (Å²) >= 11 is 0. The molecule has 0 spiro atoms. The summed E-state index contributed by atoms with van der Waals surface area (Å²) in [5.74, 6) is 2.41. The number of hydrogen-bond acceptors (Lipinski definition) is 3. The molecule has 1 saturated carbocycles. The Morgan fingerprint density at radius 3 is 2.65 bits per heavy atom. The van der Waals surface area contributed by atoms with Gasteiger partial charge in [-0.2, -0.15) is 0 Å². The van der Waals surface area contributed by atoms with Crippen molar-refractivity contribution in [3.8, 4) is 0 Å². The average molecular weight is 292 g/mol. The molecule has 1 aliphatic heterocycles. The van der Waals surface area contributed by atoms with Gasteiger partial charge in [0.05, 0.1) is 0 Å². The molecular weight excluding hydrogens is 262 g/mol. The van der Waals surface area contributed by atoms with Crippen LogP contribution >= 0.6 is 0 Å². The lowest BCUT2D eigenvalue weighted by molar-refractivity contribution is 0.283. The van der Waals surface area contributed by atoms with Crippen molar-refractivity contribution >= 4 is 8.24 Å². The molecule has 2 aliphatic carbocycles. The van der Waals surface area contributed by atoms with Crippen LogP contribution in [0.15, 0.2) is 23.8 Å². The molecule has 0 aromatic rings. The molecule has 0 aromatic heterocycles. The molecule has 2 fully saturated rings. The Hall–Kier alpha value is -0.423. The van der Waals surface area contributed by atoms with Gasteiger partial charge in [-0.25, -0.2) is 0 Å². The van der Waals surface area contributed by atoms with Crippen molar-refractivity contribution in [2.45, 2.75) is 38.9 Å². The van der Waals surface area contributed by atoms with Crippen LogP contribution in [0, 0.1) is 17.8 Å². The van der Waals surface area contributed by atoms with Gasteiger partial charge in [-0.15, -0.1) is 0 Å². The normalized spacial score (nSPS) is 38.7. The van der Waals surface area contributed by atoms with Crippen LogP contribution in [0.3, 0.4) is 0 Å². The van der Waals surface area contributed by atoms with Crippen molar-refractivity contribution < 1.29 is 0 Å². The van der Waals surface area contributed by atoms with Gasteiger partial charge in [0, 0.05) is 20.0 Å². The van der Waals surface area contributed by atoms with Crippen LogP contribution in [0.25, 0.3) is 0 Å². The molecule has 1 saturated heterocycles. The lowest BCUT2D eigenvalue weighted by Crippen LogP contribution is -2.63. The first-order valence-electron chi connectivity index (χ1n) is 8.03. The number of allylic oxidation sites excluding steroid dienone is 4. The second-order valence-electron chi connectivity index (χ2n) is 7.40. The average Bonchev–Trinajstić information content (AvgIpc) is 2.79. The summed E-state index contributed by atoms with van der Waals surface area (Å²) in [5, 5.41) is 6.95. The molecule has 20 heavy (non-hydrogen) atoms. The lowest BCUT2D eigenvalue weighted by Gasteiger charge is -2.45. The van der Waals surface area contributed by atoms with Gasteiger partial charge in [-0.1, -0.05) is 43.8 Å². The minimum Gasteiger partial charge on any atom is -0.299 e. The van der Waals surface area contributed by atoms with Crippen LogP contribution in [-0.2, 0) is 0 Å². The molecule has 0 amide bonds. The summed E-state index contributed by atoms with van der Waals surface area (Å²) < 4.78 is 2.71. The van der Waals surface area contributed by atoms with Gasteiger partial charge in [0.25, 0.3) is 0 Å². The Bertz CT molecular complexity index is 423. The molecule has 0 bridgehead atoms. The molecular formula is C16H29N3Si. The topological polar surface area (TPSA) is 27.3 Å². The minimum atomic E-state index is -1.42. The fraction of sp³-hybridized carbons (Fsp3) is 0.750. The molecule has 0 aromatic carbocycles. The molecule has 3 rings (SSSR count). The maximum absolute atomic E-state index is 3.48. The SMILES string of the molecule is CC1=CC=CC2C1C(C)CC2[Si](C)(C)N1CNCNC1. The summed E-state index contributed by atoms with van der Waals surface area (Å²) in [6, 6.07) is 0. The monoisotopic (exact) mass is 291 g/mol. The van der Waals surface area contributed by atoms with E-state index in [4.69, 9.17) is 0 Å². The first-order valence-corrected chi connectivity index (χ1v) is 11.1. The number of rotatable bonds is 2. The summed E-state index contributed by atoms with van der Waals surface area (Å²) in [4.78, 5) is 0. The van der Waals surface area contributed by atoms with E-state index in [0.29, 0.717) is 0 Å². The van der Waals surface area contributed by atoms with Gasteiger partial charge >= 0.3 is 0 Å². The quantitative estimate of drug-likeness (QED) is 0.766. The van der Waals surface area contributed by atoms with Crippen molar-refractivity contribution in [1.82, 2.24) is 15.2 Å². The first-order chi connectivity index (χ1) is 9.51. The van der Waals surface area contributed by atoms with Gasteiger partial charge in [-0.05, 0) is 36.6 Å². The van der Waals surface area contributed by atoms with Gasteiger partial charge in [0.15, 0.2) is 0 Å². The van der Waals surface area contributed by atoms with E-state index in [1.54, 1.807) is 5.57 Å². The van der Waals surface area contributed by atoms with Gasteiger partial charge in [0.2, 0.25) is 0 Å². The predicted molar refractivity (Wildman–Crippen MR) is 87.6 cm³/mol. The second-order valence-corrected chi connectivity index (χ2v) is 12.1. The van der Waals surface area contributed by atoms with E-state index in [1.165, 1.54) is 6.42 Å². The van der Waals surface area contributed by atoms with E-state index in [0.717, 1.165) is 43.3 Å². The third-order valence-electron chi connectivity index (χ3n) is 5.91. The highest BCUT2D eigenvalue weighted by molar-refractivity contribution is 6.76. The van der Waals surface area contributed by atoms with Crippen molar-refractivity contribution in [2.24, 2.45) is 17.8 Å². The van der Waals surface area contributed by atoms with Crippen LogP contribution in [0.1, 0.15) is 20.3 Å². The molecule has 112 valence electrons. The van der Waals surface area contributed by atoms with Gasteiger partial charge in [0.1, 0.15) is 8.24 Å². The predicted octanol–water partition coefficient (Wildman–Crippen LogP) is 2.72. The van der Waals surface area contributed by atoms with Crippen molar-refractivity contribution in [3.63, 3.8) is 0 Å². The van der Waals surface area contributed by atoms with Crippen molar-refractivity contribution in [2.75, 3.05) is 20.0 Å². The number of hydrogen-bond donors (Lipinski definition) is 2. The first kappa shape index (κ1) is 14.5. The highest BCUT2D eigenvalue weighted by atomic mass is 28.3. The smallest absolute Gasteiger partial charge is 0.128 e. The van der Waals surface area contributed by atoms with Gasteiger partial charge in [-0.3, -0.25) is 15.2 Å².